The first-order chi connectivity index (χ1) is 29.0. The normalized spacial score (nSPS) is 17.1. The average Bonchev–Trinajstić information content (AvgIpc) is 3.25. The van der Waals surface area contributed by atoms with E-state index in [0.29, 0.717) is 52.4 Å². The molecule has 4 N–H and O–H groups in total. The first kappa shape index (κ1) is 45.7. The van der Waals surface area contributed by atoms with E-state index in [9.17, 15) is 19.2 Å². The number of hydrogen-bond acceptors (Lipinski definition) is 8. The fourth-order valence-electron chi connectivity index (χ4n) is 7.47. The Kier molecular flexibility index (Phi) is 18.3. The highest BCUT2D eigenvalue weighted by molar-refractivity contribution is 5.80. The number of carbonyl (C=O) groups excluding carboxylic acids is 4. The second-order valence-corrected chi connectivity index (χ2v) is 15.9. The zero-order valence-electron chi connectivity index (χ0n) is 35.8. The smallest absolute Gasteiger partial charge is 0.234 e. The molecule has 0 unspecified atom stereocenters. The van der Waals surface area contributed by atoms with E-state index in [1.54, 1.807) is 0 Å². The van der Waals surface area contributed by atoms with Crippen LogP contribution in [0.3, 0.4) is 0 Å². The fraction of sp³-hybridized carbons (Fsp3) is 0.417. The number of hydrogen-bond donors (Lipinski definition) is 4. The maximum Gasteiger partial charge on any atom is 0.234 e. The second kappa shape index (κ2) is 24.0. The van der Waals surface area contributed by atoms with Gasteiger partial charge in [-0.1, -0.05) is 121 Å². The van der Waals surface area contributed by atoms with E-state index in [1.807, 2.05) is 149 Å². The lowest BCUT2D eigenvalue weighted by molar-refractivity contribution is -0.125. The Balaban J connectivity index is 1.32. The predicted octanol–water partition coefficient (Wildman–Crippen LogP) is 4.72. The number of nitrogens with one attached hydrogen (secondary N) is 4. The molecule has 1 fully saturated rings. The van der Waals surface area contributed by atoms with E-state index in [-0.39, 0.29) is 74.0 Å². The van der Waals surface area contributed by atoms with Crippen molar-refractivity contribution in [3.8, 4) is 0 Å². The molecule has 4 atom stereocenters. The lowest BCUT2D eigenvalue weighted by atomic mass is 10.1. The summed E-state index contributed by atoms with van der Waals surface area (Å²) in [5.74, 6) is -0.380. The molecule has 1 aliphatic heterocycles. The van der Waals surface area contributed by atoms with Crippen LogP contribution in [0.1, 0.15) is 74.1 Å². The predicted molar refractivity (Wildman–Crippen MR) is 238 cm³/mol. The number of amides is 4. The summed E-state index contributed by atoms with van der Waals surface area (Å²) in [6.45, 7) is 12.8. The summed E-state index contributed by atoms with van der Waals surface area (Å²) in [6, 6.07) is 38.9. The molecule has 12 nitrogen and oxygen atoms in total. The first-order valence-corrected chi connectivity index (χ1v) is 21.3. The molecule has 0 aliphatic carbocycles. The molecule has 0 radical (unpaired) electrons. The van der Waals surface area contributed by atoms with Crippen molar-refractivity contribution in [3.63, 3.8) is 0 Å². The van der Waals surface area contributed by atoms with Crippen LogP contribution in [-0.2, 0) is 19.2 Å². The molecular weight excluding hydrogens is 753 g/mol. The van der Waals surface area contributed by atoms with Gasteiger partial charge in [-0.05, 0) is 49.9 Å². The molecule has 0 bridgehead atoms. The topological polar surface area (TPSA) is 129 Å². The highest BCUT2D eigenvalue weighted by Crippen LogP contribution is 2.15. The highest BCUT2D eigenvalue weighted by Gasteiger charge is 2.24. The van der Waals surface area contributed by atoms with Gasteiger partial charge in [0.25, 0.3) is 0 Å². The summed E-state index contributed by atoms with van der Waals surface area (Å²) in [6.07, 6.45) is 0. The van der Waals surface area contributed by atoms with Crippen LogP contribution in [0.5, 0.6) is 0 Å². The summed E-state index contributed by atoms with van der Waals surface area (Å²) >= 11 is 0. The number of benzene rings is 4. The van der Waals surface area contributed by atoms with E-state index >= 15 is 0 Å². The van der Waals surface area contributed by atoms with Crippen LogP contribution in [0.25, 0.3) is 0 Å². The standard InChI is InChI=1S/C48H64N8O4/c1-37(41-17-9-5-10-18-41)49-45(57)33-53-25-27-54(34-46(58)50-38(2)42-19-11-6-12-20-42)29-31-56(36-48(60)52-40(4)44-23-15-8-16-24-44)32-30-55(28-26-53)35-47(59)51-39(3)43-21-13-7-14-22-43/h5-24,37-40H,25-36H2,1-4H3,(H,49,57)(H,50,58)(H,51,59)(H,52,60)/t37-,38-,39-,40-/m0/s1. The van der Waals surface area contributed by atoms with Gasteiger partial charge in [-0.25, -0.2) is 0 Å². The summed E-state index contributed by atoms with van der Waals surface area (Å²) in [5.41, 5.74) is 4.10. The number of nitrogens with zero attached hydrogens (tertiary/aromatic N) is 4. The Bertz CT molecular complexity index is 1610. The van der Waals surface area contributed by atoms with Gasteiger partial charge in [0, 0.05) is 52.4 Å². The van der Waals surface area contributed by atoms with Gasteiger partial charge in [-0.15, -0.1) is 0 Å². The summed E-state index contributed by atoms with van der Waals surface area (Å²) < 4.78 is 0. The monoisotopic (exact) mass is 817 g/mol. The minimum Gasteiger partial charge on any atom is -0.348 e. The van der Waals surface area contributed by atoms with Crippen molar-refractivity contribution in [2.24, 2.45) is 0 Å². The summed E-state index contributed by atoms with van der Waals surface area (Å²) in [5, 5.41) is 12.6. The SMILES string of the molecule is C[C@H](NC(=O)CN1CCN(CC(=O)N[C@@H](C)c2ccccc2)CCN(CC(=O)N[C@@H](C)c2ccccc2)CCN(CC(=O)N[C@@H](C)c2ccccc2)CC1)c1ccccc1. The quantitative estimate of drug-likeness (QED) is 0.128. The number of carbonyl (C=O) groups is 4. The highest BCUT2D eigenvalue weighted by atomic mass is 16.2. The largest absolute Gasteiger partial charge is 0.348 e. The maximum absolute atomic E-state index is 13.6. The van der Waals surface area contributed by atoms with Gasteiger partial charge in [0.05, 0.1) is 50.3 Å². The van der Waals surface area contributed by atoms with Crippen molar-refractivity contribution < 1.29 is 19.2 Å². The van der Waals surface area contributed by atoms with Crippen LogP contribution >= 0.6 is 0 Å². The molecule has 1 heterocycles. The Morgan fingerprint density at radius 2 is 0.517 bits per heavy atom. The van der Waals surface area contributed by atoms with Crippen LogP contribution in [-0.4, -0.2) is 122 Å². The van der Waals surface area contributed by atoms with Crippen LogP contribution < -0.4 is 21.3 Å². The van der Waals surface area contributed by atoms with Gasteiger partial charge in [-0.3, -0.25) is 38.8 Å². The summed E-state index contributed by atoms with van der Waals surface area (Å²) in [4.78, 5) is 62.7. The van der Waals surface area contributed by atoms with E-state index in [0.717, 1.165) is 22.3 Å². The zero-order valence-corrected chi connectivity index (χ0v) is 35.8. The van der Waals surface area contributed by atoms with E-state index in [4.69, 9.17) is 0 Å². The lowest BCUT2D eigenvalue weighted by Crippen LogP contribution is -2.51. The van der Waals surface area contributed by atoms with Crippen molar-refractivity contribution in [3.05, 3.63) is 144 Å². The molecule has 4 amide bonds. The van der Waals surface area contributed by atoms with Crippen molar-refractivity contribution in [2.75, 3.05) is 78.5 Å². The molecule has 0 aromatic heterocycles. The van der Waals surface area contributed by atoms with Crippen LogP contribution in [0.2, 0.25) is 0 Å². The Hall–Kier alpha value is -5.40. The zero-order chi connectivity index (χ0) is 42.7. The maximum atomic E-state index is 13.6. The van der Waals surface area contributed by atoms with Gasteiger partial charge in [-0.2, -0.15) is 0 Å². The molecule has 4 aromatic carbocycles. The second-order valence-electron chi connectivity index (χ2n) is 15.9. The Morgan fingerprint density at radius 1 is 0.350 bits per heavy atom. The number of rotatable bonds is 16. The van der Waals surface area contributed by atoms with Gasteiger partial charge in [0.2, 0.25) is 23.6 Å². The molecule has 1 aliphatic rings. The first-order valence-electron chi connectivity index (χ1n) is 21.3. The third-order valence-electron chi connectivity index (χ3n) is 11.1. The van der Waals surface area contributed by atoms with Crippen LogP contribution in [0, 0.1) is 0 Å². The third-order valence-corrected chi connectivity index (χ3v) is 11.1. The van der Waals surface area contributed by atoms with Crippen molar-refractivity contribution in [1.82, 2.24) is 40.9 Å². The molecule has 12 heteroatoms. The Labute approximate surface area is 356 Å². The third kappa shape index (κ3) is 15.6. The summed E-state index contributed by atoms with van der Waals surface area (Å²) in [7, 11) is 0. The minimum absolute atomic E-state index is 0.0951. The molecule has 4 aromatic rings. The molecule has 5 rings (SSSR count). The van der Waals surface area contributed by atoms with Gasteiger partial charge in [0.15, 0.2) is 0 Å². The van der Waals surface area contributed by atoms with Crippen LogP contribution in [0.4, 0.5) is 0 Å². The fourth-order valence-corrected chi connectivity index (χ4v) is 7.47. The molecule has 1 saturated heterocycles. The van der Waals surface area contributed by atoms with E-state index < -0.39 is 0 Å². The molecule has 320 valence electrons. The van der Waals surface area contributed by atoms with Gasteiger partial charge < -0.3 is 21.3 Å². The van der Waals surface area contributed by atoms with E-state index in [2.05, 4.69) is 40.9 Å². The van der Waals surface area contributed by atoms with Crippen LogP contribution in [0.15, 0.2) is 121 Å². The molecular formula is C48H64N8O4. The molecule has 60 heavy (non-hydrogen) atoms. The molecule has 0 saturated carbocycles. The van der Waals surface area contributed by atoms with Crippen molar-refractivity contribution >= 4 is 23.6 Å². The Morgan fingerprint density at radius 3 is 0.683 bits per heavy atom. The molecule has 0 spiro atoms. The van der Waals surface area contributed by atoms with Crippen molar-refractivity contribution in [1.29, 1.82) is 0 Å². The van der Waals surface area contributed by atoms with E-state index in [1.165, 1.54) is 0 Å². The van der Waals surface area contributed by atoms with Gasteiger partial charge >= 0.3 is 0 Å². The lowest BCUT2D eigenvalue weighted by Gasteiger charge is -2.34. The average molecular weight is 817 g/mol. The van der Waals surface area contributed by atoms with Gasteiger partial charge in [0.1, 0.15) is 0 Å². The van der Waals surface area contributed by atoms with Crippen molar-refractivity contribution in [2.45, 2.75) is 51.9 Å². The minimum atomic E-state index is -0.163.